The molecule has 0 aliphatic rings. The zero-order valence-electron chi connectivity index (χ0n) is 26.0. The normalized spacial score (nSPS) is 11.2. The summed E-state index contributed by atoms with van der Waals surface area (Å²) in [6, 6.07) is 19.2. The average Bonchev–Trinajstić information content (AvgIpc) is 2.78. The fourth-order valence-electron chi connectivity index (χ4n) is 3.55. The second-order valence-corrected chi connectivity index (χ2v) is 13.0. The van der Waals surface area contributed by atoms with Crippen molar-refractivity contribution in [1.29, 1.82) is 0 Å². The minimum atomic E-state index is -0.983. The number of nitro groups is 1. The molecule has 0 radical (unpaired) electrons. The monoisotopic (exact) mass is 552 g/mol. The molecule has 0 bridgehead atoms. The molecule has 0 spiro atoms. The summed E-state index contributed by atoms with van der Waals surface area (Å²) in [6.45, 7) is 22.9. The minimum absolute atomic E-state index is 0. The van der Waals surface area contributed by atoms with E-state index in [4.69, 9.17) is 10.8 Å². The van der Waals surface area contributed by atoms with Gasteiger partial charge in [-0.2, -0.15) is 0 Å². The summed E-state index contributed by atoms with van der Waals surface area (Å²) in [5.74, 6) is -0.983. The van der Waals surface area contributed by atoms with Crippen LogP contribution in [-0.4, -0.2) is 21.5 Å². The quantitative estimate of drug-likeness (QED) is 0.189. The van der Waals surface area contributed by atoms with E-state index < -0.39 is 5.97 Å². The fraction of sp³-hybridized carbons (Fsp3) is 0.424. The van der Waals surface area contributed by atoms with Gasteiger partial charge in [-0.15, -0.1) is 0 Å². The van der Waals surface area contributed by atoms with Crippen molar-refractivity contribution in [3.63, 3.8) is 0 Å². The third-order valence-electron chi connectivity index (χ3n) is 6.34. The highest BCUT2D eigenvalue weighted by Crippen LogP contribution is 2.28. The summed E-state index contributed by atoms with van der Waals surface area (Å²) in [7, 11) is 0. The number of nitrogens with zero attached hydrogens (tertiary/aromatic N) is 1. The first-order valence-electron chi connectivity index (χ1n) is 13.1. The summed E-state index contributed by atoms with van der Waals surface area (Å²) in [5, 5.41) is 19.5. The molecule has 0 fully saturated rings. The Morgan fingerprint density at radius 1 is 0.725 bits per heavy atom. The SMILES string of the molecule is CC(C)(C)c1ccc(C(=O)O)c(N)c1.Cc1ccc(C(C)(C)C)cc1.Cc1ccc(C(C)(C)C)cc1[N+](=O)[O-].O. The fourth-order valence-corrected chi connectivity index (χ4v) is 3.55. The van der Waals surface area contributed by atoms with Crippen LogP contribution >= 0.6 is 0 Å². The van der Waals surface area contributed by atoms with Gasteiger partial charge >= 0.3 is 5.97 Å². The molecule has 0 unspecified atom stereocenters. The third kappa shape index (κ3) is 11.2. The maximum Gasteiger partial charge on any atom is 0.337 e. The molecule has 7 heteroatoms. The zero-order valence-corrected chi connectivity index (χ0v) is 26.0. The van der Waals surface area contributed by atoms with Crippen LogP contribution in [0.2, 0.25) is 0 Å². The number of benzene rings is 3. The van der Waals surface area contributed by atoms with Crippen LogP contribution in [-0.2, 0) is 16.2 Å². The summed E-state index contributed by atoms with van der Waals surface area (Å²) < 4.78 is 0. The van der Waals surface area contributed by atoms with Crippen molar-refractivity contribution in [2.24, 2.45) is 0 Å². The number of hydrogen-bond donors (Lipinski definition) is 2. The van der Waals surface area contributed by atoms with Crippen LogP contribution < -0.4 is 5.73 Å². The van der Waals surface area contributed by atoms with E-state index in [1.807, 2.05) is 26.8 Å². The van der Waals surface area contributed by atoms with E-state index in [9.17, 15) is 14.9 Å². The second kappa shape index (κ2) is 14.1. The zero-order chi connectivity index (χ0) is 30.3. The molecule has 7 nitrogen and oxygen atoms in total. The molecule has 0 atom stereocenters. The number of rotatable bonds is 2. The first kappa shape index (κ1) is 36.3. The summed E-state index contributed by atoms with van der Waals surface area (Å²) in [6.07, 6.45) is 0. The lowest BCUT2D eigenvalue weighted by Gasteiger charge is -2.19. The first-order chi connectivity index (χ1) is 17.6. The summed E-state index contributed by atoms with van der Waals surface area (Å²) in [5.41, 5.74) is 12.1. The molecule has 3 aromatic carbocycles. The number of aryl methyl sites for hydroxylation is 2. The number of carboxylic acids is 1. The van der Waals surface area contributed by atoms with E-state index >= 15 is 0 Å². The predicted molar refractivity (Wildman–Crippen MR) is 167 cm³/mol. The largest absolute Gasteiger partial charge is 0.478 e. The van der Waals surface area contributed by atoms with Crippen molar-refractivity contribution < 1.29 is 20.3 Å². The highest BCUT2D eigenvalue weighted by molar-refractivity contribution is 5.93. The van der Waals surface area contributed by atoms with Gasteiger partial charge in [0.25, 0.3) is 5.69 Å². The number of hydrogen-bond acceptors (Lipinski definition) is 4. The van der Waals surface area contributed by atoms with Crippen molar-refractivity contribution in [3.05, 3.63) is 104 Å². The summed E-state index contributed by atoms with van der Waals surface area (Å²) >= 11 is 0. The molecule has 5 N–H and O–H groups in total. The number of carbonyl (C=O) groups is 1. The Labute approximate surface area is 239 Å². The van der Waals surface area contributed by atoms with Crippen molar-refractivity contribution in [3.8, 4) is 0 Å². The summed E-state index contributed by atoms with van der Waals surface area (Å²) in [4.78, 5) is 21.1. The molecule has 220 valence electrons. The molecule has 40 heavy (non-hydrogen) atoms. The van der Waals surface area contributed by atoms with E-state index in [1.54, 1.807) is 37.3 Å². The smallest absolute Gasteiger partial charge is 0.337 e. The van der Waals surface area contributed by atoms with Crippen molar-refractivity contribution in [2.75, 3.05) is 5.73 Å². The van der Waals surface area contributed by atoms with Gasteiger partial charge in [-0.3, -0.25) is 10.1 Å². The molecule has 0 saturated carbocycles. The van der Waals surface area contributed by atoms with Gasteiger partial charge in [0.2, 0.25) is 0 Å². The van der Waals surface area contributed by atoms with Gasteiger partial charge in [0.1, 0.15) is 0 Å². The van der Waals surface area contributed by atoms with E-state index in [0.29, 0.717) is 11.3 Å². The number of carboxylic acid groups (broad SMARTS) is 1. The average molecular weight is 553 g/mol. The molecule has 0 heterocycles. The van der Waals surface area contributed by atoms with Crippen LogP contribution in [0.25, 0.3) is 0 Å². The molecule has 0 aliphatic heterocycles. The van der Waals surface area contributed by atoms with Crippen LogP contribution in [0.3, 0.4) is 0 Å². The van der Waals surface area contributed by atoms with Gasteiger partial charge in [0.05, 0.1) is 10.5 Å². The number of anilines is 1. The number of aromatic carboxylic acids is 1. The van der Waals surface area contributed by atoms with Crippen LogP contribution in [0, 0.1) is 24.0 Å². The lowest BCUT2D eigenvalue weighted by Crippen LogP contribution is -2.13. The standard InChI is InChI=1S/2C11H15NO2.C11H16.H2O/c1-8-5-6-9(11(2,3)4)7-10(8)12(13)14;1-11(2,3)7-4-5-8(10(13)14)9(12)6-7;1-9-5-7-10(8-6-9)11(2,3)4;/h5-7H,1-4H3;4-6H,12H2,1-3H3,(H,13,14);5-8H,1-4H3;1H2. The van der Waals surface area contributed by atoms with Gasteiger partial charge in [0, 0.05) is 17.3 Å². The third-order valence-corrected chi connectivity index (χ3v) is 6.34. The van der Waals surface area contributed by atoms with Gasteiger partial charge in [-0.25, -0.2) is 4.79 Å². The van der Waals surface area contributed by atoms with Gasteiger partial charge < -0.3 is 16.3 Å². The highest BCUT2D eigenvalue weighted by atomic mass is 16.6. The number of nitro benzene ring substituents is 1. The van der Waals surface area contributed by atoms with Crippen molar-refractivity contribution in [1.82, 2.24) is 0 Å². The van der Waals surface area contributed by atoms with Crippen molar-refractivity contribution in [2.45, 2.75) is 92.4 Å². The van der Waals surface area contributed by atoms with Crippen LogP contribution in [0.4, 0.5) is 11.4 Å². The topological polar surface area (TPSA) is 138 Å². The lowest BCUT2D eigenvalue weighted by atomic mass is 9.86. The minimum Gasteiger partial charge on any atom is -0.478 e. The molecule has 3 aromatic rings. The van der Waals surface area contributed by atoms with Gasteiger partial charge in [-0.05, 0) is 58.9 Å². The lowest BCUT2D eigenvalue weighted by molar-refractivity contribution is -0.385. The molecule has 3 rings (SSSR count). The molecule has 0 aliphatic carbocycles. The molecular formula is C33H48N2O5. The number of nitrogens with two attached hydrogens (primary N) is 1. The maximum atomic E-state index is 10.7. The molecular weight excluding hydrogens is 504 g/mol. The van der Waals surface area contributed by atoms with Crippen molar-refractivity contribution >= 4 is 17.3 Å². The number of nitrogen functional groups attached to an aromatic ring is 1. The van der Waals surface area contributed by atoms with Crippen LogP contribution in [0.1, 0.15) is 100 Å². The predicted octanol–water partition coefficient (Wildman–Crippen LogP) is 7.93. The van der Waals surface area contributed by atoms with Gasteiger partial charge in [0.15, 0.2) is 0 Å². The Balaban J connectivity index is 0.000000568. The maximum absolute atomic E-state index is 10.7. The van der Waals surface area contributed by atoms with Crippen LogP contribution in [0.15, 0.2) is 60.7 Å². The van der Waals surface area contributed by atoms with Crippen LogP contribution in [0.5, 0.6) is 0 Å². The second-order valence-electron chi connectivity index (χ2n) is 13.0. The Kier molecular flexibility index (Phi) is 12.8. The van der Waals surface area contributed by atoms with E-state index in [2.05, 4.69) is 72.7 Å². The Bertz CT molecular complexity index is 1280. The molecule has 0 aromatic heterocycles. The van der Waals surface area contributed by atoms with E-state index in [1.165, 1.54) is 11.1 Å². The van der Waals surface area contributed by atoms with E-state index in [0.717, 1.165) is 11.1 Å². The first-order valence-corrected chi connectivity index (χ1v) is 13.1. The van der Waals surface area contributed by atoms with E-state index in [-0.39, 0.29) is 37.9 Å². The Morgan fingerprint density at radius 2 is 1.12 bits per heavy atom. The Hall–Kier alpha value is -3.71. The van der Waals surface area contributed by atoms with Gasteiger partial charge in [-0.1, -0.05) is 110 Å². The Morgan fingerprint density at radius 3 is 1.50 bits per heavy atom. The highest BCUT2D eigenvalue weighted by Gasteiger charge is 2.19. The molecule has 0 saturated heterocycles. The molecule has 0 amide bonds.